The molecule has 0 unspecified atom stereocenters. The van der Waals surface area contributed by atoms with E-state index in [-0.39, 0.29) is 62.7 Å². The van der Waals surface area contributed by atoms with Crippen molar-refractivity contribution in [3.63, 3.8) is 0 Å². The number of aryl methyl sites for hydroxylation is 1. The van der Waals surface area contributed by atoms with Crippen molar-refractivity contribution < 1.29 is 66.4 Å². The first-order valence-corrected chi connectivity index (χ1v) is 7.19. The summed E-state index contributed by atoms with van der Waals surface area (Å²) in [5, 5.41) is 20.6. The Morgan fingerprint density at radius 3 is 2.30 bits per heavy atom. The van der Waals surface area contributed by atoms with Gasteiger partial charge in [0.1, 0.15) is 0 Å². The van der Waals surface area contributed by atoms with Crippen molar-refractivity contribution in [2.45, 2.75) is 58.3 Å². The maximum Gasteiger partial charge on any atom is 1.00 e. The quantitative estimate of drug-likeness (QED) is 0.541. The van der Waals surface area contributed by atoms with Crippen LogP contribution in [0.25, 0.3) is 0 Å². The molecule has 1 N–H and O–H groups in total. The normalized spacial score (nSPS) is 10.1. The average Bonchev–Trinajstić information content (AvgIpc) is 2.37. The molecule has 0 spiro atoms. The van der Waals surface area contributed by atoms with Crippen molar-refractivity contribution in [2.75, 3.05) is 0 Å². The summed E-state index contributed by atoms with van der Waals surface area (Å²) in [4.78, 5) is 11.0. The average molecular weight is 302 g/mol. The number of carbonyl (C=O) groups is 1. The summed E-state index contributed by atoms with van der Waals surface area (Å²) >= 11 is 0. The van der Waals surface area contributed by atoms with Crippen molar-refractivity contribution in [2.24, 2.45) is 0 Å². The summed E-state index contributed by atoms with van der Waals surface area (Å²) in [6.07, 6.45) is 9.01. The fourth-order valence-corrected chi connectivity index (χ4v) is 2.30. The molecule has 0 atom stereocenters. The van der Waals surface area contributed by atoms with E-state index in [0.29, 0.717) is 12.0 Å². The molecule has 0 aliphatic carbocycles. The Balaban J connectivity index is 0.00000361. The van der Waals surface area contributed by atoms with Crippen LogP contribution in [0.4, 0.5) is 0 Å². The largest absolute Gasteiger partial charge is 1.00 e. The monoisotopic (exact) mass is 302 g/mol. The zero-order valence-corrected chi connectivity index (χ0v) is 15.8. The van der Waals surface area contributed by atoms with Gasteiger partial charge in [-0.1, -0.05) is 69.4 Å². The minimum Gasteiger partial charge on any atom is -0.872 e. The third-order valence-electron chi connectivity index (χ3n) is 3.38. The first-order chi connectivity index (χ1) is 9.16. The van der Waals surface area contributed by atoms with E-state index >= 15 is 0 Å². The summed E-state index contributed by atoms with van der Waals surface area (Å²) < 4.78 is 0. The summed E-state index contributed by atoms with van der Waals surface area (Å²) in [6.45, 7) is 2.20. The molecule has 106 valence electrons. The molecule has 1 aromatic carbocycles. The first kappa shape index (κ1) is 20.1. The SMILES string of the molecule is CCCCCCCCCc1cccc([O-])c1C(=O)O.[K+]. The van der Waals surface area contributed by atoms with E-state index in [4.69, 9.17) is 5.11 Å². The summed E-state index contributed by atoms with van der Waals surface area (Å²) in [5.74, 6) is -1.49. The third-order valence-corrected chi connectivity index (χ3v) is 3.38. The Morgan fingerprint density at radius 1 is 1.10 bits per heavy atom. The van der Waals surface area contributed by atoms with Crippen LogP contribution in [0, 0.1) is 0 Å². The third kappa shape index (κ3) is 7.23. The molecular weight excluding hydrogens is 279 g/mol. The number of carboxylic acid groups (broad SMARTS) is 1. The van der Waals surface area contributed by atoms with E-state index in [9.17, 15) is 9.90 Å². The van der Waals surface area contributed by atoms with Gasteiger partial charge in [0.25, 0.3) is 0 Å². The number of carboxylic acids is 1. The minimum atomic E-state index is -1.11. The van der Waals surface area contributed by atoms with Crippen molar-refractivity contribution in [1.29, 1.82) is 0 Å². The van der Waals surface area contributed by atoms with Crippen LogP contribution in [0.2, 0.25) is 0 Å². The maximum atomic E-state index is 11.5. The zero-order chi connectivity index (χ0) is 14.1. The standard InChI is InChI=1S/C16H24O3.K/c1-2-3-4-5-6-7-8-10-13-11-9-12-14(17)15(13)16(18)19;/h9,11-12,17H,2-8,10H2,1H3,(H,18,19);/q;+1/p-1. The number of aromatic carboxylic acids is 1. The molecule has 3 nitrogen and oxygen atoms in total. The van der Waals surface area contributed by atoms with Crippen LogP contribution in [0.5, 0.6) is 5.75 Å². The first-order valence-electron chi connectivity index (χ1n) is 7.19. The fraction of sp³-hybridized carbons (Fsp3) is 0.562. The van der Waals surface area contributed by atoms with E-state index < -0.39 is 5.97 Å². The maximum absolute atomic E-state index is 11.5. The second kappa shape index (κ2) is 11.8. The molecule has 0 heterocycles. The molecule has 0 saturated carbocycles. The molecular formula is C16H23KO3. The van der Waals surface area contributed by atoms with Gasteiger partial charge in [-0.25, -0.2) is 4.79 Å². The number of rotatable bonds is 9. The van der Waals surface area contributed by atoms with Crippen molar-refractivity contribution in [3.8, 4) is 5.75 Å². The minimum absolute atomic E-state index is 0. The summed E-state index contributed by atoms with van der Waals surface area (Å²) in [5.41, 5.74) is 0.627. The van der Waals surface area contributed by atoms with Crippen LogP contribution in [-0.2, 0) is 6.42 Å². The number of benzene rings is 1. The Labute approximate surface area is 164 Å². The van der Waals surface area contributed by atoms with E-state index in [1.54, 1.807) is 12.1 Å². The van der Waals surface area contributed by atoms with Gasteiger partial charge in [0.05, 0.1) is 5.56 Å². The number of hydrogen-bond donors (Lipinski definition) is 1. The molecule has 1 aromatic rings. The molecule has 0 fully saturated rings. The molecule has 0 aliphatic rings. The molecule has 0 bridgehead atoms. The zero-order valence-electron chi connectivity index (χ0n) is 12.7. The molecule has 1 rings (SSSR count). The van der Waals surface area contributed by atoms with Gasteiger partial charge in [0.2, 0.25) is 0 Å². The second-order valence-electron chi connectivity index (χ2n) is 4.97. The topological polar surface area (TPSA) is 60.4 Å². The van der Waals surface area contributed by atoms with Crippen LogP contribution in [0.1, 0.15) is 67.8 Å². The van der Waals surface area contributed by atoms with Crippen molar-refractivity contribution in [1.82, 2.24) is 0 Å². The van der Waals surface area contributed by atoms with Crippen LogP contribution >= 0.6 is 0 Å². The van der Waals surface area contributed by atoms with Gasteiger partial charge in [0.15, 0.2) is 0 Å². The van der Waals surface area contributed by atoms with Gasteiger partial charge in [-0.2, -0.15) is 0 Å². The van der Waals surface area contributed by atoms with E-state index in [1.807, 2.05) is 0 Å². The molecule has 0 radical (unpaired) electrons. The van der Waals surface area contributed by atoms with Crippen LogP contribution in [-0.4, -0.2) is 11.1 Å². The van der Waals surface area contributed by atoms with E-state index in [0.717, 1.165) is 12.8 Å². The van der Waals surface area contributed by atoms with E-state index in [2.05, 4.69) is 6.92 Å². The van der Waals surface area contributed by atoms with E-state index in [1.165, 1.54) is 38.2 Å². The van der Waals surface area contributed by atoms with Gasteiger partial charge in [-0.3, -0.25) is 0 Å². The van der Waals surface area contributed by atoms with Gasteiger partial charge in [0, 0.05) is 0 Å². The second-order valence-corrected chi connectivity index (χ2v) is 4.97. The Morgan fingerprint density at radius 2 is 1.70 bits per heavy atom. The Kier molecular flexibility index (Phi) is 11.8. The van der Waals surface area contributed by atoms with Gasteiger partial charge in [-0.05, 0) is 18.4 Å². The van der Waals surface area contributed by atoms with Crippen LogP contribution in [0.3, 0.4) is 0 Å². The summed E-state index contributed by atoms with van der Waals surface area (Å²) in [7, 11) is 0. The Bertz CT molecular complexity index is 405. The van der Waals surface area contributed by atoms with Crippen molar-refractivity contribution in [3.05, 3.63) is 29.3 Å². The van der Waals surface area contributed by atoms with Crippen molar-refractivity contribution >= 4 is 5.97 Å². The number of hydrogen-bond acceptors (Lipinski definition) is 2. The van der Waals surface area contributed by atoms with Gasteiger partial charge < -0.3 is 10.2 Å². The predicted octanol–water partition coefficient (Wildman–Crippen LogP) is 0.756. The molecule has 0 aromatic heterocycles. The molecule has 4 heteroatoms. The molecule has 0 amide bonds. The smallest absolute Gasteiger partial charge is 0.872 e. The molecule has 20 heavy (non-hydrogen) atoms. The molecule has 0 saturated heterocycles. The van der Waals surface area contributed by atoms with Crippen LogP contribution in [0.15, 0.2) is 18.2 Å². The van der Waals surface area contributed by atoms with Crippen LogP contribution < -0.4 is 56.5 Å². The summed E-state index contributed by atoms with van der Waals surface area (Å²) in [6, 6.07) is 4.71. The van der Waals surface area contributed by atoms with Gasteiger partial charge >= 0.3 is 57.4 Å². The Hall–Kier alpha value is 0.126. The predicted molar refractivity (Wildman–Crippen MR) is 74.5 cm³/mol. The number of unbranched alkanes of at least 4 members (excludes halogenated alkanes) is 6. The van der Waals surface area contributed by atoms with Gasteiger partial charge in [-0.15, -0.1) is 0 Å². The molecule has 0 aliphatic heterocycles. The fourth-order valence-electron chi connectivity index (χ4n) is 2.30.